The first-order valence-electron chi connectivity index (χ1n) is 4.52. The predicted molar refractivity (Wildman–Crippen MR) is 41.7 cm³/mol. The van der Waals surface area contributed by atoms with Crippen LogP contribution < -0.4 is 0 Å². The summed E-state index contributed by atoms with van der Waals surface area (Å²) in [5, 5.41) is 0. The lowest BCUT2D eigenvalue weighted by Gasteiger charge is -2.36. The minimum atomic E-state index is 0.130. The Bertz CT molecular complexity index is 150. The number of hydrogen-bond acceptors (Lipinski definition) is 2. The second-order valence-electron chi connectivity index (χ2n) is 4.40. The van der Waals surface area contributed by atoms with Crippen molar-refractivity contribution < 1.29 is 9.78 Å². The lowest BCUT2D eigenvalue weighted by molar-refractivity contribution is 0.0850. The molecule has 1 saturated heterocycles. The summed E-state index contributed by atoms with van der Waals surface area (Å²) in [6, 6.07) is 0. The van der Waals surface area contributed by atoms with Crippen LogP contribution in [0.15, 0.2) is 0 Å². The first-order valence-corrected chi connectivity index (χ1v) is 4.52. The van der Waals surface area contributed by atoms with Crippen molar-refractivity contribution in [3.8, 4) is 0 Å². The van der Waals surface area contributed by atoms with Crippen molar-refractivity contribution in [1.82, 2.24) is 0 Å². The van der Waals surface area contributed by atoms with E-state index in [0.717, 1.165) is 0 Å². The van der Waals surface area contributed by atoms with Crippen molar-refractivity contribution in [3.63, 3.8) is 0 Å². The van der Waals surface area contributed by atoms with Crippen LogP contribution in [0.4, 0.5) is 0 Å². The van der Waals surface area contributed by atoms with E-state index in [9.17, 15) is 0 Å². The minimum absolute atomic E-state index is 0.130. The predicted octanol–water partition coefficient (Wildman–Crippen LogP) is 2.49. The van der Waals surface area contributed by atoms with Gasteiger partial charge in [-0.1, -0.05) is 26.7 Å². The maximum Gasteiger partial charge on any atom is 0.227 e. The van der Waals surface area contributed by atoms with E-state index in [1.807, 2.05) is 0 Å². The topological polar surface area (TPSA) is 25.1 Å². The molecule has 0 aromatic carbocycles. The first kappa shape index (κ1) is 7.56. The molecule has 0 aromatic heterocycles. The Morgan fingerprint density at radius 2 is 1.91 bits per heavy atom. The summed E-state index contributed by atoms with van der Waals surface area (Å²) in [6.07, 6.45) is 5.44. The third kappa shape index (κ3) is 1.42. The fourth-order valence-electron chi connectivity index (χ4n) is 2.19. The van der Waals surface area contributed by atoms with Crippen LogP contribution in [0.2, 0.25) is 0 Å². The van der Waals surface area contributed by atoms with Crippen LogP contribution in [0.3, 0.4) is 0 Å². The second-order valence-corrected chi connectivity index (χ2v) is 4.40. The Morgan fingerprint density at radius 1 is 1.18 bits per heavy atom. The molecule has 0 N–H and O–H groups in total. The zero-order chi connectivity index (χ0) is 7.90. The molecule has 1 saturated carbocycles. The Balaban J connectivity index is 2.02. The highest BCUT2D eigenvalue weighted by atomic mass is 17.4. The molecule has 0 amide bonds. The van der Waals surface area contributed by atoms with Crippen LogP contribution in [-0.2, 0) is 9.78 Å². The largest absolute Gasteiger partial charge is 0.227 e. The molecule has 2 rings (SSSR count). The van der Waals surface area contributed by atoms with Crippen molar-refractivity contribution in [1.29, 1.82) is 0 Å². The zero-order valence-electron chi connectivity index (χ0n) is 7.30. The molecule has 0 bridgehead atoms. The van der Waals surface area contributed by atoms with Gasteiger partial charge in [0.1, 0.15) is 0 Å². The molecular formula is C9H16O2. The quantitative estimate of drug-likeness (QED) is 0.430. The summed E-state index contributed by atoms with van der Waals surface area (Å²) < 4.78 is 0. The normalized spacial score (nSPS) is 37.1. The Kier molecular flexibility index (Phi) is 1.69. The molecule has 11 heavy (non-hydrogen) atoms. The maximum absolute atomic E-state index is 4.88. The van der Waals surface area contributed by atoms with Gasteiger partial charge in [0.25, 0.3) is 0 Å². The summed E-state index contributed by atoms with van der Waals surface area (Å²) in [5.41, 5.74) is 0.430. The molecule has 2 heteroatoms. The van der Waals surface area contributed by atoms with Gasteiger partial charge in [-0.2, -0.15) is 9.78 Å². The average Bonchev–Trinajstić information content (AvgIpc) is 2.69. The van der Waals surface area contributed by atoms with Crippen molar-refractivity contribution in [2.24, 2.45) is 11.3 Å². The molecule has 0 spiro atoms. The van der Waals surface area contributed by atoms with Gasteiger partial charge >= 0.3 is 0 Å². The van der Waals surface area contributed by atoms with Crippen LogP contribution >= 0.6 is 0 Å². The molecular weight excluding hydrogens is 140 g/mol. The highest BCUT2D eigenvalue weighted by Gasteiger charge is 2.45. The lowest BCUT2D eigenvalue weighted by Crippen LogP contribution is -2.31. The number of hydrogen-bond donors (Lipinski definition) is 0. The van der Waals surface area contributed by atoms with Crippen LogP contribution in [0, 0.1) is 11.3 Å². The molecule has 1 aliphatic heterocycles. The standard InChI is InChI=1S/C9H16O2/c1-9(2)6-4-3-5-7(9)8-10-11-8/h7-8H,3-6H2,1-2H3. The highest BCUT2D eigenvalue weighted by molar-refractivity contribution is 4.85. The van der Waals surface area contributed by atoms with Gasteiger partial charge in [0.05, 0.1) is 0 Å². The van der Waals surface area contributed by atoms with E-state index in [1.165, 1.54) is 25.7 Å². The Morgan fingerprint density at radius 3 is 2.45 bits per heavy atom. The smallest absolute Gasteiger partial charge is 0.198 e. The molecule has 0 radical (unpaired) electrons. The van der Waals surface area contributed by atoms with E-state index < -0.39 is 0 Å². The molecule has 1 atom stereocenters. The summed E-state index contributed by atoms with van der Waals surface area (Å²) in [5.74, 6) is 0.635. The molecule has 1 heterocycles. The third-order valence-corrected chi connectivity index (χ3v) is 3.13. The van der Waals surface area contributed by atoms with Crippen LogP contribution in [-0.4, -0.2) is 6.29 Å². The fourth-order valence-corrected chi connectivity index (χ4v) is 2.19. The SMILES string of the molecule is CC1(C)CCCCC1C1OO1. The number of rotatable bonds is 1. The lowest BCUT2D eigenvalue weighted by atomic mass is 9.69. The van der Waals surface area contributed by atoms with Gasteiger partial charge in [-0.15, -0.1) is 0 Å². The average molecular weight is 156 g/mol. The van der Waals surface area contributed by atoms with E-state index in [-0.39, 0.29) is 6.29 Å². The zero-order valence-corrected chi connectivity index (χ0v) is 7.30. The van der Waals surface area contributed by atoms with Gasteiger partial charge in [-0.3, -0.25) is 0 Å². The van der Waals surface area contributed by atoms with Crippen molar-refractivity contribution in [2.45, 2.75) is 45.8 Å². The molecule has 64 valence electrons. The molecule has 1 aliphatic carbocycles. The van der Waals surface area contributed by atoms with Gasteiger partial charge in [0.15, 0.2) is 0 Å². The molecule has 2 fully saturated rings. The highest BCUT2D eigenvalue weighted by Crippen LogP contribution is 2.46. The summed E-state index contributed by atoms with van der Waals surface area (Å²) in [4.78, 5) is 9.77. The van der Waals surface area contributed by atoms with Crippen molar-refractivity contribution >= 4 is 0 Å². The van der Waals surface area contributed by atoms with E-state index >= 15 is 0 Å². The van der Waals surface area contributed by atoms with E-state index in [2.05, 4.69) is 13.8 Å². The second kappa shape index (κ2) is 2.46. The van der Waals surface area contributed by atoms with Crippen molar-refractivity contribution in [2.75, 3.05) is 0 Å². The first-order chi connectivity index (χ1) is 5.20. The maximum atomic E-state index is 4.88. The Hall–Kier alpha value is -0.0800. The van der Waals surface area contributed by atoms with Gasteiger partial charge in [-0.25, -0.2) is 0 Å². The fraction of sp³-hybridized carbons (Fsp3) is 1.00. The van der Waals surface area contributed by atoms with E-state index in [4.69, 9.17) is 9.78 Å². The minimum Gasteiger partial charge on any atom is -0.198 e. The Labute approximate surface area is 67.8 Å². The third-order valence-electron chi connectivity index (χ3n) is 3.13. The van der Waals surface area contributed by atoms with Gasteiger partial charge in [0.2, 0.25) is 6.29 Å². The molecule has 2 nitrogen and oxygen atoms in total. The van der Waals surface area contributed by atoms with Crippen LogP contribution in [0.25, 0.3) is 0 Å². The van der Waals surface area contributed by atoms with E-state index in [1.54, 1.807) is 0 Å². The molecule has 1 unspecified atom stereocenters. The summed E-state index contributed by atoms with van der Waals surface area (Å²) in [6.45, 7) is 4.64. The van der Waals surface area contributed by atoms with E-state index in [0.29, 0.717) is 11.3 Å². The van der Waals surface area contributed by atoms with Gasteiger partial charge in [0, 0.05) is 5.92 Å². The van der Waals surface area contributed by atoms with Gasteiger partial charge in [-0.05, 0) is 18.3 Å². The van der Waals surface area contributed by atoms with Crippen LogP contribution in [0.1, 0.15) is 39.5 Å². The van der Waals surface area contributed by atoms with Crippen molar-refractivity contribution in [3.05, 3.63) is 0 Å². The summed E-state index contributed by atoms with van der Waals surface area (Å²) in [7, 11) is 0. The monoisotopic (exact) mass is 156 g/mol. The van der Waals surface area contributed by atoms with Crippen LogP contribution in [0.5, 0.6) is 0 Å². The summed E-state index contributed by atoms with van der Waals surface area (Å²) >= 11 is 0. The van der Waals surface area contributed by atoms with Gasteiger partial charge < -0.3 is 0 Å². The molecule has 0 aromatic rings. The molecule has 2 aliphatic rings.